The number of rotatable bonds is 2. The predicted molar refractivity (Wildman–Crippen MR) is 45.9 cm³/mol. The molecule has 0 aromatic heterocycles. The van der Waals surface area contributed by atoms with Crippen LogP contribution in [-0.2, 0) is 0 Å². The van der Waals surface area contributed by atoms with Crippen LogP contribution in [0.15, 0.2) is 0 Å². The Morgan fingerprint density at radius 1 is 1.64 bits per heavy atom. The largest absolute Gasteiger partial charge is 0.357 e. The first-order chi connectivity index (χ1) is 5.33. The third-order valence-corrected chi connectivity index (χ3v) is 2.97. The summed E-state index contributed by atoms with van der Waals surface area (Å²) in [6.07, 6.45) is 4.88. The van der Waals surface area contributed by atoms with E-state index in [0.29, 0.717) is 0 Å². The molecule has 2 nitrogen and oxygen atoms in total. The van der Waals surface area contributed by atoms with Crippen LogP contribution in [0.4, 0.5) is 0 Å². The number of hydrogen-bond donors (Lipinski definition) is 1. The zero-order chi connectivity index (χ0) is 7.84. The van der Waals surface area contributed by atoms with Gasteiger partial charge in [0.15, 0.2) is 0 Å². The molecule has 0 spiro atoms. The van der Waals surface area contributed by atoms with Gasteiger partial charge in [-0.05, 0) is 18.8 Å². The van der Waals surface area contributed by atoms with Crippen molar-refractivity contribution in [2.75, 3.05) is 6.54 Å². The van der Waals surface area contributed by atoms with E-state index in [-0.39, 0.29) is 0 Å². The summed E-state index contributed by atoms with van der Waals surface area (Å²) < 4.78 is 0. The lowest BCUT2D eigenvalue weighted by Crippen LogP contribution is -2.27. The second-order valence-corrected chi connectivity index (χ2v) is 3.72. The van der Waals surface area contributed by atoms with Crippen LogP contribution < -0.4 is 0 Å². The van der Waals surface area contributed by atoms with Gasteiger partial charge in [0.25, 0.3) is 0 Å². The van der Waals surface area contributed by atoms with E-state index in [1.54, 1.807) is 0 Å². The maximum atomic E-state index is 7.67. The van der Waals surface area contributed by atoms with Crippen LogP contribution in [0.2, 0.25) is 0 Å². The highest BCUT2D eigenvalue weighted by molar-refractivity contribution is 5.81. The third-order valence-electron chi connectivity index (χ3n) is 2.97. The molecule has 0 radical (unpaired) electrons. The molecule has 0 aromatic rings. The van der Waals surface area contributed by atoms with Crippen molar-refractivity contribution < 1.29 is 0 Å². The topological polar surface area (TPSA) is 27.1 Å². The Labute approximate surface area is 68.1 Å². The lowest BCUT2D eigenvalue weighted by Gasteiger charge is -2.17. The Kier molecular flexibility index (Phi) is 1.63. The molecule has 1 heterocycles. The van der Waals surface area contributed by atoms with Crippen molar-refractivity contribution in [3.05, 3.63) is 0 Å². The first-order valence-corrected chi connectivity index (χ1v) is 4.67. The smallest absolute Gasteiger partial charge is 0.0960 e. The first kappa shape index (κ1) is 7.14. The van der Waals surface area contributed by atoms with Gasteiger partial charge in [0.2, 0.25) is 0 Å². The summed E-state index contributed by atoms with van der Waals surface area (Å²) in [6, 6.07) is 0.759. The summed E-state index contributed by atoms with van der Waals surface area (Å²) in [4.78, 5) is 2.31. The van der Waals surface area contributed by atoms with Crippen molar-refractivity contribution in [1.29, 1.82) is 5.41 Å². The van der Waals surface area contributed by atoms with Gasteiger partial charge < -0.3 is 4.90 Å². The van der Waals surface area contributed by atoms with Gasteiger partial charge in [-0.3, -0.25) is 5.41 Å². The summed E-state index contributed by atoms with van der Waals surface area (Å²) in [5.41, 5.74) is 0. The van der Waals surface area contributed by atoms with Crippen LogP contribution in [-0.4, -0.2) is 23.3 Å². The minimum absolute atomic E-state index is 0.759. The van der Waals surface area contributed by atoms with Gasteiger partial charge >= 0.3 is 0 Å². The Morgan fingerprint density at radius 2 is 2.45 bits per heavy atom. The van der Waals surface area contributed by atoms with Crippen LogP contribution in [0.3, 0.4) is 0 Å². The molecule has 0 amide bonds. The highest BCUT2D eigenvalue weighted by Gasteiger charge is 2.42. The van der Waals surface area contributed by atoms with Crippen molar-refractivity contribution in [2.45, 2.75) is 38.6 Å². The van der Waals surface area contributed by atoms with E-state index in [1.807, 2.05) is 0 Å². The van der Waals surface area contributed by atoms with E-state index < -0.39 is 0 Å². The van der Waals surface area contributed by atoms with Crippen molar-refractivity contribution in [1.82, 2.24) is 4.90 Å². The maximum absolute atomic E-state index is 7.67. The Balaban J connectivity index is 1.91. The van der Waals surface area contributed by atoms with Crippen LogP contribution in [0, 0.1) is 11.3 Å². The zero-order valence-electron chi connectivity index (χ0n) is 7.14. The fraction of sp³-hybridized carbons (Fsp3) is 0.889. The molecule has 2 aliphatic rings. The molecule has 1 aliphatic carbocycles. The van der Waals surface area contributed by atoms with Crippen molar-refractivity contribution >= 4 is 5.84 Å². The van der Waals surface area contributed by atoms with Crippen LogP contribution >= 0.6 is 0 Å². The highest BCUT2D eigenvalue weighted by Crippen LogP contribution is 2.40. The lowest BCUT2D eigenvalue weighted by atomic mass is 10.3. The van der Waals surface area contributed by atoms with Crippen molar-refractivity contribution in [2.24, 2.45) is 5.92 Å². The molecule has 0 aromatic carbocycles. The molecular weight excluding hydrogens is 136 g/mol. The Hall–Kier alpha value is -0.530. The van der Waals surface area contributed by atoms with Gasteiger partial charge in [-0.15, -0.1) is 0 Å². The normalized spacial score (nSPS) is 36.5. The average molecular weight is 152 g/mol. The van der Waals surface area contributed by atoms with Gasteiger partial charge in [-0.1, -0.05) is 13.3 Å². The van der Waals surface area contributed by atoms with Crippen LogP contribution in [0.5, 0.6) is 0 Å². The third kappa shape index (κ3) is 1.15. The maximum Gasteiger partial charge on any atom is 0.0960 e. The van der Waals surface area contributed by atoms with E-state index >= 15 is 0 Å². The fourth-order valence-electron chi connectivity index (χ4n) is 2.11. The van der Waals surface area contributed by atoms with Crippen LogP contribution in [0.25, 0.3) is 0 Å². The first-order valence-electron chi connectivity index (χ1n) is 4.67. The Bertz CT molecular complexity index is 176. The zero-order valence-corrected chi connectivity index (χ0v) is 7.14. The van der Waals surface area contributed by atoms with Gasteiger partial charge in [0, 0.05) is 19.0 Å². The Morgan fingerprint density at radius 3 is 2.91 bits per heavy atom. The van der Waals surface area contributed by atoms with Gasteiger partial charge in [-0.2, -0.15) is 0 Å². The summed E-state index contributed by atoms with van der Waals surface area (Å²) in [7, 11) is 0. The van der Waals surface area contributed by atoms with Gasteiger partial charge in [0.05, 0.1) is 5.84 Å². The van der Waals surface area contributed by atoms with Crippen LogP contribution in [0.1, 0.15) is 32.6 Å². The van der Waals surface area contributed by atoms with E-state index in [0.717, 1.165) is 30.8 Å². The van der Waals surface area contributed by atoms with Gasteiger partial charge in [0.1, 0.15) is 0 Å². The van der Waals surface area contributed by atoms with Crippen molar-refractivity contribution in [3.8, 4) is 0 Å². The molecule has 62 valence electrons. The van der Waals surface area contributed by atoms with Gasteiger partial charge in [-0.25, -0.2) is 0 Å². The van der Waals surface area contributed by atoms with E-state index in [1.165, 1.54) is 19.3 Å². The molecule has 11 heavy (non-hydrogen) atoms. The minimum Gasteiger partial charge on any atom is -0.357 e. The van der Waals surface area contributed by atoms with E-state index in [9.17, 15) is 0 Å². The number of amidine groups is 1. The van der Waals surface area contributed by atoms with E-state index in [4.69, 9.17) is 5.41 Å². The number of likely N-dealkylation sites (tertiary alicyclic amines) is 1. The second-order valence-electron chi connectivity index (χ2n) is 3.72. The SMILES string of the molecule is CCC1CC1N1CCCC1=N. The molecule has 2 rings (SSSR count). The molecule has 2 fully saturated rings. The summed E-state index contributed by atoms with van der Waals surface area (Å²) >= 11 is 0. The summed E-state index contributed by atoms with van der Waals surface area (Å²) in [6.45, 7) is 3.41. The molecule has 0 bridgehead atoms. The second kappa shape index (κ2) is 2.50. The molecule has 2 heteroatoms. The van der Waals surface area contributed by atoms with Crippen molar-refractivity contribution in [3.63, 3.8) is 0 Å². The molecule has 2 atom stereocenters. The quantitative estimate of drug-likeness (QED) is 0.642. The molecular formula is C9H16N2. The molecule has 2 unspecified atom stereocenters. The fourth-order valence-corrected chi connectivity index (χ4v) is 2.11. The lowest BCUT2D eigenvalue weighted by molar-refractivity contribution is 0.416. The summed E-state index contributed by atoms with van der Waals surface area (Å²) in [5.74, 6) is 1.81. The predicted octanol–water partition coefficient (Wildman–Crippen LogP) is 1.86. The standard InChI is InChI=1S/C9H16N2/c1-2-7-6-8(7)11-5-3-4-9(11)10/h7-8,10H,2-6H2,1H3. The molecule has 1 saturated carbocycles. The number of nitrogens with zero attached hydrogens (tertiary/aromatic N) is 1. The minimum atomic E-state index is 0.759. The molecule has 1 N–H and O–H groups in total. The summed E-state index contributed by atoms with van der Waals surface area (Å²) in [5, 5.41) is 7.67. The number of hydrogen-bond acceptors (Lipinski definition) is 1. The van der Waals surface area contributed by atoms with E-state index in [2.05, 4.69) is 11.8 Å². The average Bonchev–Trinajstić information content (AvgIpc) is 2.68. The monoisotopic (exact) mass is 152 g/mol. The molecule has 1 saturated heterocycles. The number of nitrogens with one attached hydrogen (secondary N) is 1. The highest BCUT2D eigenvalue weighted by atomic mass is 15.2. The molecule has 1 aliphatic heterocycles.